The summed E-state index contributed by atoms with van der Waals surface area (Å²) >= 11 is 3.49. The molecule has 0 heterocycles. The number of hydrogen-bond donors (Lipinski definition) is 1. The number of hydrogen-bond acceptors (Lipinski definition) is 3. The Bertz CT molecular complexity index is 581. The molecule has 0 aliphatic rings. The fourth-order valence-electron chi connectivity index (χ4n) is 2.13. The minimum atomic E-state index is -0.566. The molecule has 21 heavy (non-hydrogen) atoms. The monoisotopic (exact) mass is 350 g/mol. The van der Waals surface area contributed by atoms with Gasteiger partial charge in [-0.05, 0) is 42.3 Å². The molecule has 3 nitrogen and oxygen atoms in total. The molecule has 112 valence electrons. The first-order valence-corrected chi connectivity index (χ1v) is 7.66. The van der Waals surface area contributed by atoms with Crippen molar-refractivity contribution < 1.29 is 14.6 Å². The van der Waals surface area contributed by atoms with E-state index in [2.05, 4.69) is 15.9 Å². The van der Waals surface area contributed by atoms with Gasteiger partial charge in [-0.15, -0.1) is 0 Å². The maximum Gasteiger partial charge on any atom is 0.120 e. The van der Waals surface area contributed by atoms with E-state index in [1.54, 1.807) is 7.11 Å². The first-order valence-electron chi connectivity index (χ1n) is 6.87. The van der Waals surface area contributed by atoms with Crippen LogP contribution in [0.5, 0.6) is 11.5 Å². The number of benzene rings is 2. The van der Waals surface area contributed by atoms with Crippen LogP contribution >= 0.6 is 15.9 Å². The minimum absolute atomic E-state index is 0.552. The molecule has 2 aromatic carbocycles. The third-order valence-corrected chi connectivity index (χ3v) is 3.92. The second kappa shape index (κ2) is 7.48. The molecule has 1 atom stereocenters. The lowest BCUT2D eigenvalue weighted by Crippen LogP contribution is -2.03. The highest BCUT2D eigenvalue weighted by Crippen LogP contribution is 2.30. The Labute approximate surface area is 133 Å². The van der Waals surface area contributed by atoms with Crippen molar-refractivity contribution in [3.8, 4) is 11.5 Å². The Morgan fingerprint density at radius 3 is 2.33 bits per heavy atom. The molecule has 0 radical (unpaired) electrons. The molecule has 1 unspecified atom stereocenters. The summed E-state index contributed by atoms with van der Waals surface area (Å²) in [6.45, 7) is 2.57. The lowest BCUT2D eigenvalue weighted by molar-refractivity contribution is 0.177. The first kappa shape index (κ1) is 15.9. The number of ether oxygens (including phenoxy) is 2. The molecule has 0 aliphatic carbocycles. The van der Waals surface area contributed by atoms with Crippen molar-refractivity contribution >= 4 is 15.9 Å². The zero-order valence-corrected chi connectivity index (χ0v) is 13.8. The molecule has 0 bridgehead atoms. The van der Waals surface area contributed by atoms with E-state index in [4.69, 9.17) is 9.47 Å². The molecule has 0 saturated carbocycles. The molecule has 4 heteroatoms. The van der Waals surface area contributed by atoms with Crippen LogP contribution in [-0.4, -0.2) is 18.8 Å². The van der Waals surface area contributed by atoms with Crippen molar-refractivity contribution in [2.24, 2.45) is 0 Å². The van der Waals surface area contributed by atoms with Crippen LogP contribution in [0.1, 0.15) is 24.2 Å². The van der Waals surface area contributed by atoms with Gasteiger partial charge in [-0.2, -0.15) is 0 Å². The normalized spacial score (nSPS) is 12.0. The van der Waals surface area contributed by atoms with Crippen LogP contribution < -0.4 is 9.47 Å². The molecule has 0 spiro atoms. The number of aliphatic hydroxyl groups excluding tert-OH is 1. The third-order valence-electron chi connectivity index (χ3n) is 3.23. The first-order chi connectivity index (χ1) is 10.1. The van der Waals surface area contributed by atoms with Gasteiger partial charge < -0.3 is 14.6 Å². The summed E-state index contributed by atoms with van der Waals surface area (Å²) in [7, 11) is 1.64. The maximum absolute atomic E-state index is 10.4. The number of methoxy groups -OCH3 is 1. The van der Waals surface area contributed by atoms with Crippen molar-refractivity contribution in [2.75, 3.05) is 13.7 Å². The van der Waals surface area contributed by atoms with Gasteiger partial charge in [-0.1, -0.05) is 34.1 Å². The highest BCUT2D eigenvalue weighted by atomic mass is 79.9. The van der Waals surface area contributed by atoms with Gasteiger partial charge in [0.2, 0.25) is 0 Å². The fourth-order valence-corrected chi connectivity index (χ4v) is 2.75. The molecular weight excluding hydrogens is 332 g/mol. The standard InChI is InChI=1S/C17H19BrO3/c1-3-21-14-8-9-15(16(18)11-14)17(19)10-12-4-6-13(20-2)7-5-12/h4-9,11,17,19H,3,10H2,1-2H3. The predicted molar refractivity (Wildman–Crippen MR) is 87.0 cm³/mol. The predicted octanol–water partition coefficient (Wildman–Crippen LogP) is 4.13. The van der Waals surface area contributed by atoms with Gasteiger partial charge >= 0.3 is 0 Å². The summed E-state index contributed by atoms with van der Waals surface area (Å²) in [5.74, 6) is 1.61. The van der Waals surface area contributed by atoms with Crippen LogP contribution in [0.3, 0.4) is 0 Å². The summed E-state index contributed by atoms with van der Waals surface area (Å²) < 4.78 is 11.4. The second-order valence-corrected chi connectivity index (χ2v) is 5.54. The highest BCUT2D eigenvalue weighted by molar-refractivity contribution is 9.10. The second-order valence-electron chi connectivity index (χ2n) is 4.68. The molecule has 1 N–H and O–H groups in total. The van der Waals surface area contributed by atoms with Gasteiger partial charge in [0.25, 0.3) is 0 Å². The summed E-state index contributed by atoms with van der Waals surface area (Å²) in [5.41, 5.74) is 1.92. The largest absolute Gasteiger partial charge is 0.497 e. The van der Waals surface area contributed by atoms with Crippen LogP contribution in [0.4, 0.5) is 0 Å². The van der Waals surface area contributed by atoms with E-state index in [1.165, 1.54) is 0 Å². The average molecular weight is 351 g/mol. The van der Waals surface area contributed by atoms with Crippen molar-refractivity contribution in [1.82, 2.24) is 0 Å². The number of halogens is 1. The van der Waals surface area contributed by atoms with E-state index in [-0.39, 0.29) is 0 Å². The number of rotatable bonds is 6. The van der Waals surface area contributed by atoms with Gasteiger partial charge in [-0.3, -0.25) is 0 Å². The molecule has 2 rings (SSSR count). The average Bonchev–Trinajstić information content (AvgIpc) is 2.48. The van der Waals surface area contributed by atoms with Crippen molar-refractivity contribution in [3.63, 3.8) is 0 Å². The van der Waals surface area contributed by atoms with E-state index in [0.717, 1.165) is 27.1 Å². The van der Waals surface area contributed by atoms with Crippen LogP contribution in [0.25, 0.3) is 0 Å². The molecule has 2 aromatic rings. The molecular formula is C17H19BrO3. The smallest absolute Gasteiger partial charge is 0.120 e. The van der Waals surface area contributed by atoms with Gasteiger partial charge in [0.15, 0.2) is 0 Å². The van der Waals surface area contributed by atoms with Crippen LogP contribution in [0, 0.1) is 0 Å². The van der Waals surface area contributed by atoms with Crippen molar-refractivity contribution in [1.29, 1.82) is 0 Å². The van der Waals surface area contributed by atoms with Crippen molar-refractivity contribution in [3.05, 3.63) is 58.1 Å². The fraction of sp³-hybridized carbons (Fsp3) is 0.294. The third kappa shape index (κ3) is 4.22. The molecule has 0 saturated heterocycles. The van der Waals surface area contributed by atoms with Gasteiger partial charge in [0, 0.05) is 10.9 Å². The SMILES string of the molecule is CCOc1ccc(C(O)Cc2ccc(OC)cc2)c(Br)c1. The van der Waals surface area contributed by atoms with Gasteiger partial charge in [0.05, 0.1) is 19.8 Å². The van der Waals surface area contributed by atoms with Crippen LogP contribution in [0.15, 0.2) is 46.9 Å². The number of aliphatic hydroxyl groups is 1. The van der Waals surface area contributed by atoms with E-state index in [9.17, 15) is 5.11 Å². The summed E-state index contributed by atoms with van der Waals surface area (Å²) in [6, 6.07) is 13.4. The summed E-state index contributed by atoms with van der Waals surface area (Å²) in [4.78, 5) is 0. The molecule has 0 aliphatic heterocycles. The van der Waals surface area contributed by atoms with Gasteiger partial charge in [0.1, 0.15) is 11.5 Å². The Hall–Kier alpha value is -1.52. The van der Waals surface area contributed by atoms with Gasteiger partial charge in [-0.25, -0.2) is 0 Å². The zero-order valence-electron chi connectivity index (χ0n) is 12.2. The quantitative estimate of drug-likeness (QED) is 0.850. The maximum atomic E-state index is 10.4. The van der Waals surface area contributed by atoms with E-state index in [0.29, 0.717) is 13.0 Å². The lowest BCUT2D eigenvalue weighted by atomic mass is 10.0. The van der Waals surface area contributed by atoms with Crippen LogP contribution in [0.2, 0.25) is 0 Å². The van der Waals surface area contributed by atoms with Crippen molar-refractivity contribution in [2.45, 2.75) is 19.4 Å². The molecule has 0 amide bonds. The van der Waals surface area contributed by atoms with E-state index >= 15 is 0 Å². The Morgan fingerprint density at radius 2 is 1.76 bits per heavy atom. The van der Waals surface area contributed by atoms with E-state index in [1.807, 2.05) is 49.4 Å². The Morgan fingerprint density at radius 1 is 1.10 bits per heavy atom. The Kier molecular flexibility index (Phi) is 5.65. The highest BCUT2D eigenvalue weighted by Gasteiger charge is 2.13. The zero-order chi connectivity index (χ0) is 15.2. The summed E-state index contributed by atoms with van der Waals surface area (Å²) in [5, 5.41) is 10.4. The van der Waals surface area contributed by atoms with Crippen LogP contribution in [-0.2, 0) is 6.42 Å². The molecule has 0 aromatic heterocycles. The minimum Gasteiger partial charge on any atom is -0.497 e. The summed E-state index contributed by atoms with van der Waals surface area (Å²) in [6.07, 6.45) is -0.0141. The lowest BCUT2D eigenvalue weighted by Gasteiger charge is -2.14. The van der Waals surface area contributed by atoms with E-state index < -0.39 is 6.10 Å². The Balaban J connectivity index is 2.10. The molecule has 0 fully saturated rings. The topological polar surface area (TPSA) is 38.7 Å².